The van der Waals surface area contributed by atoms with Crippen LogP contribution in [-0.2, 0) is 15.7 Å². The molecule has 1 heterocycles. The summed E-state index contributed by atoms with van der Waals surface area (Å²) in [5, 5.41) is 12.0. The number of esters is 1. The zero-order valence-electron chi connectivity index (χ0n) is 13.7. The second kappa shape index (κ2) is 7.06. The van der Waals surface area contributed by atoms with Crippen molar-refractivity contribution in [2.45, 2.75) is 45.9 Å². The summed E-state index contributed by atoms with van der Waals surface area (Å²) in [6, 6.07) is 0.479. The van der Waals surface area contributed by atoms with Gasteiger partial charge in [-0.25, -0.2) is 0 Å². The number of anilines is 1. The lowest BCUT2D eigenvalue weighted by Gasteiger charge is -2.19. The van der Waals surface area contributed by atoms with Crippen molar-refractivity contribution in [3.05, 3.63) is 17.2 Å². The molecule has 0 atom stereocenters. The van der Waals surface area contributed by atoms with Gasteiger partial charge in [0.15, 0.2) is 5.78 Å². The molecule has 1 aromatic rings. The van der Waals surface area contributed by atoms with Crippen LogP contribution in [0.1, 0.15) is 50.0 Å². The Morgan fingerprint density at radius 1 is 1.29 bits per heavy atom. The molecule has 24 heavy (non-hydrogen) atoms. The van der Waals surface area contributed by atoms with E-state index < -0.39 is 47.0 Å². The minimum atomic E-state index is -4.89. The van der Waals surface area contributed by atoms with E-state index in [0.717, 1.165) is 0 Å². The van der Waals surface area contributed by atoms with E-state index in [1.807, 2.05) is 0 Å². The second-order valence-electron chi connectivity index (χ2n) is 5.97. The summed E-state index contributed by atoms with van der Waals surface area (Å²) in [6.45, 7) is 6.69. The molecule has 0 amide bonds. The summed E-state index contributed by atoms with van der Waals surface area (Å²) < 4.78 is 43.6. The molecule has 0 aromatic carbocycles. The fourth-order valence-electron chi connectivity index (χ4n) is 1.83. The van der Waals surface area contributed by atoms with Gasteiger partial charge in [-0.3, -0.25) is 9.59 Å². The molecule has 0 aliphatic heterocycles. The lowest BCUT2D eigenvalue weighted by molar-refractivity contribution is -0.153. The summed E-state index contributed by atoms with van der Waals surface area (Å²) in [6.07, 6.45) is -5.62. The van der Waals surface area contributed by atoms with Gasteiger partial charge >= 0.3 is 12.1 Å². The number of aromatic nitrogens is 1. The van der Waals surface area contributed by atoms with E-state index >= 15 is 0 Å². The number of nitrogens with zero attached hydrogens (tertiary/aromatic N) is 1. The fraction of sp³-hybridized carbons (Fsp3) is 0.533. The molecule has 0 spiro atoms. The number of halogens is 3. The maximum atomic E-state index is 12.9. The average Bonchev–Trinajstić information content (AvgIpc) is 2.34. The Kier molecular flexibility index (Phi) is 5.80. The summed E-state index contributed by atoms with van der Waals surface area (Å²) in [5.41, 5.74) is -2.71. The first-order valence-electron chi connectivity index (χ1n) is 7.15. The van der Waals surface area contributed by atoms with E-state index in [2.05, 4.69) is 10.3 Å². The van der Waals surface area contributed by atoms with Gasteiger partial charge in [-0.1, -0.05) is 0 Å². The Morgan fingerprint density at radius 3 is 2.33 bits per heavy atom. The van der Waals surface area contributed by atoms with Crippen molar-refractivity contribution in [1.29, 1.82) is 0 Å². The molecule has 1 aromatic heterocycles. The number of Topliss-reactive ketones (excluding diaryl/α,β-unsaturated/α-hetero) is 1. The van der Waals surface area contributed by atoms with Crippen molar-refractivity contribution >= 4 is 17.6 Å². The minimum Gasteiger partial charge on any atom is -0.493 e. The molecule has 0 unspecified atom stereocenters. The first kappa shape index (κ1) is 19.7. The molecule has 134 valence electrons. The van der Waals surface area contributed by atoms with Crippen LogP contribution >= 0.6 is 0 Å². The smallest absolute Gasteiger partial charge is 0.421 e. The minimum absolute atomic E-state index is 0.225. The molecule has 0 saturated heterocycles. The van der Waals surface area contributed by atoms with Gasteiger partial charge < -0.3 is 15.2 Å². The quantitative estimate of drug-likeness (QED) is 0.483. The van der Waals surface area contributed by atoms with Crippen molar-refractivity contribution in [2.75, 3.05) is 11.9 Å². The molecule has 0 saturated carbocycles. The first-order valence-corrected chi connectivity index (χ1v) is 7.15. The Labute approximate surface area is 137 Å². The third-order valence-electron chi connectivity index (χ3n) is 2.68. The Bertz CT molecular complexity index is 637. The molecular weight excluding hydrogens is 329 g/mol. The van der Waals surface area contributed by atoms with Crippen LogP contribution in [0.2, 0.25) is 0 Å². The molecule has 1 rings (SSSR count). The lowest BCUT2D eigenvalue weighted by atomic mass is 10.1. The highest BCUT2D eigenvalue weighted by molar-refractivity contribution is 6.08. The van der Waals surface area contributed by atoms with Crippen LogP contribution in [0.5, 0.6) is 5.88 Å². The van der Waals surface area contributed by atoms with Crippen LogP contribution in [-0.4, -0.2) is 34.0 Å². The van der Waals surface area contributed by atoms with E-state index in [4.69, 9.17) is 4.74 Å². The van der Waals surface area contributed by atoms with Gasteiger partial charge in [-0.15, -0.1) is 0 Å². The highest BCUT2D eigenvalue weighted by atomic mass is 19.4. The van der Waals surface area contributed by atoms with Gasteiger partial charge in [0.2, 0.25) is 5.88 Å². The third-order valence-corrected chi connectivity index (χ3v) is 2.68. The van der Waals surface area contributed by atoms with Crippen LogP contribution in [0.3, 0.4) is 0 Å². The van der Waals surface area contributed by atoms with Crippen molar-refractivity contribution < 1.29 is 32.6 Å². The Hall–Kier alpha value is -2.32. The van der Waals surface area contributed by atoms with Crippen LogP contribution < -0.4 is 5.32 Å². The monoisotopic (exact) mass is 348 g/mol. The van der Waals surface area contributed by atoms with Gasteiger partial charge in [0.25, 0.3) is 0 Å². The van der Waals surface area contributed by atoms with Gasteiger partial charge in [-0.2, -0.15) is 18.2 Å². The highest BCUT2D eigenvalue weighted by Gasteiger charge is 2.36. The van der Waals surface area contributed by atoms with E-state index in [-0.39, 0.29) is 12.4 Å². The van der Waals surface area contributed by atoms with E-state index in [1.54, 1.807) is 27.7 Å². The molecule has 0 aliphatic carbocycles. The number of carbonyl (C=O) groups is 2. The van der Waals surface area contributed by atoms with Gasteiger partial charge in [-0.05, 0) is 33.8 Å². The predicted molar refractivity (Wildman–Crippen MR) is 79.9 cm³/mol. The highest BCUT2D eigenvalue weighted by Crippen LogP contribution is 2.37. The topological polar surface area (TPSA) is 88.5 Å². The maximum absolute atomic E-state index is 12.9. The summed E-state index contributed by atoms with van der Waals surface area (Å²) in [4.78, 5) is 27.3. The standard InChI is InChI=1S/C15H19F3N2O4/c1-5-19-12-8(6-9(13(23)20-12)15(16,17)18)10(21)7-11(22)24-14(2,3)4/h6H,5,7H2,1-4H3,(H2,19,20,23). The number of pyridine rings is 1. The molecule has 6 nitrogen and oxygen atoms in total. The van der Waals surface area contributed by atoms with Crippen LogP contribution in [0.4, 0.5) is 19.0 Å². The van der Waals surface area contributed by atoms with Crippen LogP contribution in [0.25, 0.3) is 0 Å². The van der Waals surface area contributed by atoms with Crippen LogP contribution in [0, 0.1) is 0 Å². The number of hydrogen-bond acceptors (Lipinski definition) is 6. The van der Waals surface area contributed by atoms with Crippen molar-refractivity contribution in [3.63, 3.8) is 0 Å². The van der Waals surface area contributed by atoms with Crippen molar-refractivity contribution in [3.8, 4) is 5.88 Å². The van der Waals surface area contributed by atoms with E-state index in [1.165, 1.54) is 0 Å². The zero-order chi connectivity index (χ0) is 18.7. The lowest BCUT2D eigenvalue weighted by Crippen LogP contribution is -2.25. The molecule has 0 bridgehead atoms. The molecule has 9 heteroatoms. The largest absolute Gasteiger partial charge is 0.493 e. The fourth-order valence-corrected chi connectivity index (χ4v) is 1.83. The molecule has 0 aliphatic rings. The number of ketones is 1. The normalized spacial score (nSPS) is 12.0. The average molecular weight is 348 g/mol. The van der Waals surface area contributed by atoms with E-state index in [9.17, 15) is 27.9 Å². The number of hydrogen-bond donors (Lipinski definition) is 2. The zero-order valence-corrected chi connectivity index (χ0v) is 13.7. The number of rotatable bonds is 5. The van der Waals surface area contributed by atoms with E-state index in [0.29, 0.717) is 6.07 Å². The Morgan fingerprint density at radius 2 is 1.88 bits per heavy atom. The van der Waals surface area contributed by atoms with Crippen molar-refractivity contribution in [1.82, 2.24) is 4.98 Å². The number of carbonyl (C=O) groups excluding carboxylic acids is 2. The first-order chi connectivity index (χ1) is 10.8. The van der Waals surface area contributed by atoms with Crippen LogP contribution in [0.15, 0.2) is 6.07 Å². The van der Waals surface area contributed by atoms with Gasteiger partial charge in [0.05, 0.1) is 5.56 Å². The predicted octanol–water partition coefficient (Wildman–Crippen LogP) is 3.15. The molecule has 2 N–H and O–H groups in total. The van der Waals surface area contributed by atoms with Gasteiger partial charge in [0.1, 0.15) is 23.4 Å². The molecule has 0 radical (unpaired) electrons. The number of nitrogens with one attached hydrogen (secondary N) is 1. The summed E-state index contributed by atoms with van der Waals surface area (Å²) in [7, 11) is 0. The second-order valence-corrected chi connectivity index (χ2v) is 5.97. The Balaban J connectivity index is 3.19. The number of alkyl halides is 3. The van der Waals surface area contributed by atoms with Gasteiger partial charge in [0, 0.05) is 6.54 Å². The summed E-state index contributed by atoms with van der Waals surface area (Å²) in [5.74, 6) is -3.22. The number of aromatic hydroxyl groups is 1. The van der Waals surface area contributed by atoms with Crippen molar-refractivity contribution in [2.24, 2.45) is 0 Å². The summed E-state index contributed by atoms with van der Waals surface area (Å²) >= 11 is 0. The molecule has 0 fully saturated rings. The number of ether oxygens (including phenoxy) is 1. The maximum Gasteiger partial charge on any atom is 0.421 e. The SMILES string of the molecule is CCNc1nc(O)c(C(F)(F)F)cc1C(=O)CC(=O)OC(C)(C)C. The molecular formula is C15H19F3N2O4. The third kappa shape index (κ3) is 5.39.